The fourth-order valence-corrected chi connectivity index (χ4v) is 2.79. The minimum Gasteiger partial charge on any atom is -0.321 e. The highest BCUT2D eigenvalue weighted by molar-refractivity contribution is 7.17. The highest BCUT2D eigenvalue weighted by atomic mass is 32.1. The topological polar surface area (TPSA) is 33.2 Å². The van der Waals surface area contributed by atoms with Crippen molar-refractivity contribution in [1.82, 2.24) is 4.98 Å². The molecule has 2 rings (SSSR count). The SMILES string of the molecule is Cc1ccc(N(C)c2nc(C)c(C=O)s2)c(C)c1. The maximum absolute atomic E-state index is 10.9. The van der Waals surface area contributed by atoms with E-state index in [1.807, 2.05) is 18.9 Å². The van der Waals surface area contributed by atoms with E-state index in [0.717, 1.165) is 22.8 Å². The van der Waals surface area contributed by atoms with Crippen molar-refractivity contribution in [2.45, 2.75) is 20.8 Å². The molecule has 0 aliphatic heterocycles. The molecule has 18 heavy (non-hydrogen) atoms. The summed E-state index contributed by atoms with van der Waals surface area (Å²) >= 11 is 1.42. The van der Waals surface area contributed by atoms with Gasteiger partial charge >= 0.3 is 0 Å². The van der Waals surface area contributed by atoms with Crippen molar-refractivity contribution in [3.8, 4) is 0 Å². The first-order valence-corrected chi connectivity index (χ1v) is 6.58. The molecule has 0 saturated carbocycles. The zero-order chi connectivity index (χ0) is 13.3. The zero-order valence-electron chi connectivity index (χ0n) is 11.0. The van der Waals surface area contributed by atoms with Gasteiger partial charge in [0.1, 0.15) is 0 Å². The van der Waals surface area contributed by atoms with Gasteiger partial charge in [-0.3, -0.25) is 4.79 Å². The lowest BCUT2D eigenvalue weighted by Crippen LogP contribution is -2.10. The van der Waals surface area contributed by atoms with Gasteiger partial charge in [-0.15, -0.1) is 0 Å². The Bertz CT molecular complexity index is 589. The van der Waals surface area contributed by atoms with E-state index in [1.54, 1.807) is 0 Å². The number of carbonyl (C=O) groups excluding carboxylic acids is 1. The van der Waals surface area contributed by atoms with Gasteiger partial charge < -0.3 is 4.90 Å². The number of anilines is 2. The average molecular weight is 260 g/mol. The molecule has 0 unspecified atom stereocenters. The van der Waals surface area contributed by atoms with Crippen molar-refractivity contribution in [3.63, 3.8) is 0 Å². The van der Waals surface area contributed by atoms with Crippen LogP contribution < -0.4 is 4.90 Å². The molecule has 1 aromatic carbocycles. The molecule has 3 nitrogen and oxygen atoms in total. The van der Waals surface area contributed by atoms with Crippen LogP contribution in [0, 0.1) is 20.8 Å². The quantitative estimate of drug-likeness (QED) is 0.790. The van der Waals surface area contributed by atoms with Crippen LogP contribution in [-0.2, 0) is 0 Å². The summed E-state index contributed by atoms with van der Waals surface area (Å²) in [5.41, 5.74) is 4.36. The van der Waals surface area contributed by atoms with E-state index in [2.05, 4.69) is 37.0 Å². The number of aromatic nitrogens is 1. The Hall–Kier alpha value is -1.68. The molecule has 0 aliphatic carbocycles. The third-order valence-corrected chi connectivity index (χ3v) is 4.09. The van der Waals surface area contributed by atoms with Crippen molar-refractivity contribution < 1.29 is 4.79 Å². The second-order valence-electron chi connectivity index (χ2n) is 4.41. The smallest absolute Gasteiger partial charge is 0.190 e. The normalized spacial score (nSPS) is 10.4. The largest absolute Gasteiger partial charge is 0.321 e. The van der Waals surface area contributed by atoms with E-state index in [0.29, 0.717) is 4.88 Å². The molecular formula is C14H16N2OS. The molecule has 0 bridgehead atoms. The van der Waals surface area contributed by atoms with Gasteiger partial charge in [0.05, 0.1) is 10.6 Å². The van der Waals surface area contributed by atoms with Gasteiger partial charge in [0.15, 0.2) is 11.4 Å². The molecule has 0 aliphatic rings. The van der Waals surface area contributed by atoms with Crippen molar-refractivity contribution in [2.75, 3.05) is 11.9 Å². The molecule has 0 radical (unpaired) electrons. The third-order valence-electron chi connectivity index (χ3n) is 2.93. The minimum absolute atomic E-state index is 0.696. The molecule has 0 spiro atoms. The fraction of sp³-hybridized carbons (Fsp3) is 0.286. The Labute approximate surface area is 111 Å². The first-order chi connectivity index (χ1) is 8.52. The summed E-state index contributed by atoms with van der Waals surface area (Å²) in [5.74, 6) is 0. The van der Waals surface area contributed by atoms with E-state index < -0.39 is 0 Å². The minimum atomic E-state index is 0.696. The number of hydrogen-bond donors (Lipinski definition) is 0. The Kier molecular flexibility index (Phi) is 3.48. The van der Waals surface area contributed by atoms with E-state index in [-0.39, 0.29) is 0 Å². The van der Waals surface area contributed by atoms with Gasteiger partial charge in [0.2, 0.25) is 0 Å². The number of thiazole rings is 1. The summed E-state index contributed by atoms with van der Waals surface area (Å²) in [6, 6.07) is 6.31. The van der Waals surface area contributed by atoms with Gasteiger partial charge in [-0.05, 0) is 32.4 Å². The Morgan fingerprint density at radius 3 is 2.56 bits per heavy atom. The average Bonchev–Trinajstić information content (AvgIpc) is 2.70. The standard InChI is InChI=1S/C14H16N2OS/c1-9-5-6-12(10(2)7-9)16(4)14-15-11(3)13(8-17)18-14/h5-8H,1-4H3. The van der Waals surface area contributed by atoms with Gasteiger partial charge in [-0.1, -0.05) is 29.0 Å². The molecule has 4 heteroatoms. The van der Waals surface area contributed by atoms with Crippen LogP contribution in [0.25, 0.3) is 0 Å². The van der Waals surface area contributed by atoms with Crippen molar-refractivity contribution in [1.29, 1.82) is 0 Å². The first kappa shape index (κ1) is 12.8. The van der Waals surface area contributed by atoms with E-state index in [4.69, 9.17) is 0 Å². The highest BCUT2D eigenvalue weighted by Crippen LogP contribution is 2.31. The summed E-state index contributed by atoms with van der Waals surface area (Å²) in [6.45, 7) is 6.02. The lowest BCUT2D eigenvalue weighted by atomic mass is 10.1. The van der Waals surface area contributed by atoms with Gasteiger partial charge in [0.25, 0.3) is 0 Å². The predicted octanol–water partition coefficient (Wildman–Crippen LogP) is 3.65. The van der Waals surface area contributed by atoms with Crippen LogP contribution in [0.4, 0.5) is 10.8 Å². The van der Waals surface area contributed by atoms with Gasteiger partial charge in [-0.2, -0.15) is 0 Å². The van der Waals surface area contributed by atoms with Crippen molar-refractivity contribution in [3.05, 3.63) is 39.9 Å². The lowest BCUT2D eigenvalue weighted by molar-refractivity contribution is 0.112. The summed E-state index contributed by atoms with van der Waals surface area (Å²) in [7, 11) is 1.98. The number of benzene rings is 1. The molecule has 0 saturated heterocycles. The fourth-order valence-electron chi connectivity index (χ4n) is 1.93. The molecule has 1 heterocycles. The number of carbonyl (C=O) groups is 1. The maximum atomic E-state index is 10.9. The second kappa shape index (κ2) is 4.90. The molecule has 0 fully saturated rings. The molecular weight excluding hydrogens is 244 g/mol. The summed E-state index contributed by atoms with van der Waals surface area (Å²) in [6.07, 6.45) is 0.867. The maximum Gasteiger partial charge on any atom is 0.190 e. The highest BCUT2D eigenvalue weighted by Gasteiger charge is 2.13. The summed E-state index contributed by atoms with van der Waals surface area (Å²) in [4.78, 5) is 18.0. The number of hydrogen-bond acceptors (Lipinski definition) is 4. The zero-order valence-corrected chi connectivity index (χ0v) is 11.8. The Morgan fingerprint density at radius 1 is 1.28 bits per heavy atom. The lowest BCUT2D eigenvalue weighted by Gasteiger charge is -2.18. The number of rotatable bonds is 3. The molecule has 1 aromatic heterocycles. The van der Waals surface area contributed by atoms with Crippen LogP contribution in [0.3, 0.4) is 0 Å². The Morgan fingerprint density at radius 2 is 2.00 bits per heavy atom. The second-order valence-corrected chi connectivity index (χ2v) is 5.42. The van der Waals surface area contributed by atoms with Crippen LogP contribution in [0.2, 0.25) is 0 Å². The van der Waals surface area contributed by atoms with Crippen molar-refractivity contribution >= 4 is 28.4 Å². The van der Waals surface area contributed by atoms with Crippen molar-refractivity contribution in [2.24, 2.45) is 0 Å². The van der Waals surface area contributed by atoms with Gasteiger partial charge in [0, 0.05) is 12.7 Å². The van der Waals surface area contributed by atoms with Crippen LogP contribution in [-0.4, -0.2) is 18.3 Å². The van der Waals surface area contributed by atoms with E-state index in [9.17, 15) is 4.79 Å². The van der Waals surface area contributed by atoms with Gasteiger partial charge in [-0.25, -0.2) is 4.98 Å². The molecule has 2 aromatic rings. The van der Waals surface area contributed by atoms with Crippen LogP contribution in [0.1, 0.15) is 26.5 Å². The molecule has 0 N–H and O–H groups in total. The summed E-state index contributed by atoms with van der Waals surface area (Å²) in [5, 5.41) is 0.849. The van der Waals surface area contributed by atoms with E-state index in [1.165, 1.54) is 22.5 Å². The molecule has 0 amide bonds. The number of aryl methyl sites for hydroxylation is 3. The van der Waals surface area contributed by atoms with Crippen LogP contribution in [0.5, 0.6) is 0 Å². The predicted molar refractivity (Wildman–Crippen MR) is 76.2 cm³/mol. The third kappa shape index (κ3) is 2.29. The van der Waals surface area contributed by atoms with Crippen LogP contribution >= 0.6 is 11.3 Å². The molecule has 0 atom stereocenters. The Balaban J connectivity index is 2.40. The molecule has 94 valence electrons. The number of aldehydes is 1. The first-order valence-electron chi connectivity index (χ1n) is 5.76. The summed E-state index contributed by atoms with van der Waals surface area (Å²) < 4.78 is 0. The monoisotopic (exact) mass is 260 g/mol. The van der Waals surface area contributed by atoms with Crippen LogP contribution in [0.15, 0.2) is 18.2 Å². The van der Waals surface area contributed by atoms with E-state index >= 15 is 0 Å². The number of nitrogens with zero attached hydrogens (tertiary/aromatic N) is 2.